The van der Waals surface area contributed by atoms with Crippen molar-refractivity contribution in [1.29, 1.82) is 0 Å². The zero-order chi connectivity index (χ0) is 25.8. The monoisotopic (exact) mass is 501 g/mol. The molecule has 0 saturated heterocycles. The molecule has 0 radical (unpaired) electrons. The standard InChI is InChI=1S/C27H27F4N3O2/c1-36-24-13-7-12-23(33-24)26(17-18-8-3-2-4-9-18,34-25(35)32-22-10-5-6-11-22)19-14-20(27(29,30)31)16-21(28)15-19/h2-4,7-9,12-16,22H,5-6,10-11,17H2,1H3,(H2,32,34,35). The topological polar surface area (TPSA) is 63.2 Å². The first-order chi connectivity index (χ1) is 17.2. The SMILES string of the molecule is COc1cccc(C(Cc2ccccc2)(NC(=O)NC2CCCC2)c2cc(F)cc(C(F)(F)F)c2)n1. The molecule has 0 spiro atoms. The minimum atomic E-state index is -4.79. The minimum Gasteiger partial charge on any atom is -0.481 e. The second-order valence-corrected chi connectivity index (χ2v) is 8.94. The number of aromatic nitrogens is 1. The first-order valence-corrected chi connectivity index (χ1v) is 11.7. The average Bonchev–Trinajstić information content (AvgIpc) is 3.36. The summed E-state index contributed by atoms with van der Waals surface area (Å²) in [6, 6.07) is 15.4. The Hall–Kier alpha value is -3.62. The first kappa shape index (κ1) is 25.5. The summed E-state index contributed by atoms with van der Waals surface area (Å²) in [6.45, 7) is 0. The molecule has 0 aliphatic heterocycles. The molecule has 2 N–H and O–H groups in total. The molecule has 1 aliphatic carbocycles. The van der Waals surface area contributed by atoms with Gasteiger partial charge in [-0.1, -0.05) is 49.2 Å². The number of hydrogen-bond donors (Lipinski definition) is 2. The van der Waals surface area contributed by atoms with E-state index in [0.717, 1.165) is 37.8 Å². The Balaban J connectivity index is 1.91. The summed E-state index contributed by atoms with van der Waals surface area (Å²) in [5, 5.41) is 5.82. The van der Waals surface area contributed by atoms with E-state index >= 15 is 0 Å². The Labute approximate surface area is 206 Å². The molecule has 1 fully saturated rings. The molecular weight excluding hydrogens is 474 g/mol. The second-order valence-electron chi connectivity index (χ2n) is 8.94. The highest BCUT2D eigenvalue weighted by molar-refractivity contribution is 5.76. The molecule has 2 amide bonds. The predicted molar refractivity (Wildman–Crippen MR) is 127 cm³/mol. The number of halogens is 4. The molecule has 1 heterocycles. The third-order valence-corrected chi connectivity index (χ3v) is 6.42. The van der Waals surface area contributed by atoms with Gasteiger partial charge in [0.2, 0.25) is 5.88 Å². The molecule has 1 saturated carbocycles. The molecule has 1 aromatic heterocycles. The number of benzene rings is 2. The maximum atomic E-state index is 14.7. The number of rotatable bonds is 7. The second kappa shape index (κ2) is 10.6. The van der Waals surface area contributed by atoms with Gasteiger partial charge in [0.1, 0.15) is 11.4 Å². The maximum absolute atomic E-state index is 14.7. The highest BCUT2D eigenvalue weighted by Crippen LogP contribution is 2.38. The Morgan fingerprint density at radius 3 is 2.36 bits per heavy atom. The molecule has 190 valence electrons. The van der Waals surface area contributed by atoms with Crippen LogP contribution in [0.3, 0.4) is 0 Å². The van der Waals surface area contributed by atoms with Crippen molar-refractivity contribution in [3.8, 4) is 5.88 Å². The Morgan fingerprint density at radius 2 is 1.69 bits per heavy atom. The summed E-state index contributed by atoms with van der Waals surface area (Å²) >= 11 is 0. The van der Waals surface area contributed by atoms with Crippen LogP contribution in [0.4, 0.5) is 22.4 Å². The molecule has 4 rings (SSSR count). The molecule has 0 bridgehead atoms. The number of nitrogens with one attached hydrogen (secondary N) is 2. The fraction of sp³-hybridized carbons (Fsp3) is 0.333. The number of hydrogen-bond acceptors (Lipinski definition) is 3. The number of methoxy groups -OCH3 is 1. The van der Waals surface area contributed by atoms with E-state index in [1.807, 2.05) is 0 Å². The molecule has 1 atom stereocenters. The highest BCUT2D eigenvalue weighted by atomic mass is 19.4. The number of alkyl halides is 3. The summed E-state index contributed by atoms with van der Waals surface area (Å²) in [7, 11) is 1.41. The van der Waals surface area contributed by atoms with E-state index in [9.17, 15) is 22.4 Å². The van der Waals surface area contributed by atoms with Crippen LogP contribution in [0.5, 0.6) is 5.88 Å². The largest absolute Gasteiger partial charge is 0.481 e. The molecule has 1 aliphatic rings. The summed E-state index contributed by atoms with van der Waals surface area (Å²) in [5.41, 5.74) is -1.95. The van der Waals surface area contributed by atoms with E-state index in [1.165, 1.54) is 7.11 Å². The molecule has 9 heteroatoms. The normalized spacial score (nSPS) is 15.8. The first-order valence-electron chi connectivity index (χ1n) is 11.7. The number of nitrogens with zero attached hydrogens (tertiary/aromatic N) is 1. The van der Waals surface area contributed by atoms with Crippen LogP contribution in [0.2, 0.25) is 0 Å². The van der Waals surface area contributed by atoms with Crippen molar-refractivity contribution in [2.75, 3.05) is 7.11 Å². The van der Waals surface area contributed by atoms with Gasteiger partial charge in [-0.3, -0.25) is 0 Å². The predicted octanol–water partition coefficient (Wildman–Crippen LogP) is 5.98. The van der Waals surface area contributed by atoms with Gasteiger partial charge in [-0.2, -0.15) is 13.2 Å². The lowest BCUT2D eigenvalue weighted by atomic mass is 9.79. The van der Waals surface area contributed by atoms with E-state index in [4.69, 9.17) is 4.74 Å². The minimum absolute atomic E-state index is 0.0207. The van der Waals surface area contributed by atoms with Gasteiger partial charge in [0.05, 0.1) is 18.4 Å². The van der Waals surface area contributed by atoms with E-state index < -0.39 is 29.1 Å². The molecule has 5 nitrogen and oxygen atoms in total. The quantitative estimate of drug-likeness (QED) is 0.392. The van der Waals surface area contributed by atoms with E-state index in [-0.39, 0.29) is 29.6 Å². The fourth-order valence-corrected chi connectivity index (χ4v) is 4.67. The van der Waals surface area contributed by atoms with E-state index in [2.05, 4.69) is 15.6 Å². The average molecular weight is 502 g/mol. The van der Waals surface area contributed by atoms with Crippen LogP contribution in [0.1, 0.15) is 48.1 Å². The number of carbonyl (C=O) groups is 1. The zero-order valence-electron chi connectivity index (χ0n) is 19.7. The van der Waals surface area contributed by atoms with Gasteiger partial charge < -0.3 is 15.4 Å². The third-order valence-electron chi connectivity index (χ3n) is 6.42. The van der Waals surface area contributed by atoms with Gasteiger partial charge in [-0.25, -0.2) is 14.2 Å². The zero-order valence-corrected chi connectivity index (χ0v) is 19.7. The van der Waals surface area contributed by atoms with Crippen LogP contribution in [0.25, 0.3) is 0 Å². The van der Waals surface area contributed by atoms with Crippen LogP contribution in [-0.4, -0.2) is 24.2 Å². The summed E-state index contributed by atoms with van der Waals surface area (Å²) < 4.78 is 61.1. The smallest absolute Gasteiger partial charge is 0.416 e. The number of carbonyl (C=O) groups excluding carboxylic acids is 1. The van der Waals surface area contributed by atoms with Gasteiger partial charge in [0.25, 0.3) is 0 Å². The Kier molecular flexibility index (Phi) is 7.47. The van der Waals surface area contributed by atoms with E-state index in [0.29, 0.717) is 11.6 Å². The van der Waals surface area contributed by atoms with Crippen molar-refractivity contribution in [3.63, 3.8) is 0 Å². The molecule has 3 aromatic rings. The number of urea groups is 1. The maximum Gasteiger partial charge on any atom is 0.416 e. The van der Waals surface area contributed by atoms with E-state index in [1.54, 1.807) is 48.5 Å². The number of ether oxygens (including phenoxy) is 1. The van der Waals surface area contributed by atoms with Gasteiger partial charge in [0, 0.05) is 18.5 Å². The van der Waals surface area contributed by atoms with Crippen LogP contribution in [-0.2, 0) is 18.1 Å². The van der Waals surface area contributed by atoms with Crippen molar-refractivity contribution in [1.82, 2.24) is 15.6 Å². The summed E-state index contributed by atoms with van der Waals surface area (Å²) in [6.07, 6.45) is -1.17. The van der Waals surface area contributed by atoms with Crippen LogP contribution in [0, 0.1) is 5.82 Å². The van der Waals surface area contributed by atoms with Crippen molar-refractivity contribution in [2.24, 2.45) is 0 Å². The van der Waals surface area contributed by atoms with Crippen molar-refractivity contribution in [2.45, 2.75) is 49.9 Å². The van der Waals surface area contributed by atoms with Crippen LogP contribution >= 0.6 is 0 Å². The molecule has 2 aromatic carbocycles. The van der Waals surface area contributed by atoms with Crippen LogP contribution < -0.4 is 15.4 Å². The highest BCUT2D eigenvalue weighted by Gasteiger charge is 2.41. The Bertz CT molecular complexity index is 1200. The van der Waals surface area contributed by atoms with Gasteiger partial charge in [0.15, 0.2) is 0 Å². The lowest BCUT2D eigenvalue weighted by Crippen LogP contribution is -2.54. The number of amides is 2. The third kappa shape index (κ3) is 5.78. The van der Waals surface area contributed by atoms with Crippen molar-refractivity contribution < 1.29 is 27.1 Å². The van der Waals surface area contributed by atoms with Crippen LogP contribution in [0.15, 0.2) is 66.7 Å². The fourth-order valence-electron chi connectivity index (χ4n) is 4.67. The number of pyridine rings is 1. The lowest BCUT2D eigenvalue weighted by Gasteiger charge is -2.36. The Morgan fingerprint density at radius 1 is 1.00 bits per heavy atom. The van der Waals surface area contributed by atoms with Crippen molar-refractivity contribution >= 4 is 6.03 Å². The van der Waals surface area contributed by atoms with Gasteiger partial charge in [-0.05, 0) is 48.2 Å². The molecule has 1 unspecified atom stereocenters. The lowest BCUT2D eigenvalue weighted by molar-refractivity contribution is -0.137. The summed E-state index contributed by atoms with van der Waals surface area (Å²) in [5.74, 6) is -0.867. The molecular formula is C27H27F4N3O2. The van der Waals surface area contributed by atoms with Gasteiger partial charge in [-0.15, -0.1) is 0 Å². The molecule has 36 heavy (non-hydrogen) atoms. The summed E-state index contributed by atoms with van der Waals surface area (Å²) in [4.78, 5) is 17.7. The van der Waals surface area contributed by atoms with Crippen molar-refractivity contribution in [3.05, 3.63) is 94.9 Å². The van der Waals surface area contributed by atoms with Gasteiger partial charge >= 0.3 is 12.2 Å².